The second-order valence-electron chi connectivity index (χ2n) is 15.4. The van der Waals surface area contributed by atoms with Crippen molar-refractivity contribution in [3.8, 4) is 0 Å². The number of unbranched alkanes of at least 4 members (excludes halogenated alkanes) is 20. The Morgan fingerprint density at radius 2 is 0.786 bits per heavy atom. The second kappa shape index (κ2) is 46.7. The van der Waals surface area contributed by atoms with E-state index in [0.717, 1.165) is 70.6 Å². The molecule has 4 heteroatoms. The van der Waals surface area contributed by atoms with E-state index in [1.165, 1.54) is 116 Å². The first-order valence-electron chi connectivity index (χ1n) is 23.5. The summed E-state index contributed by atoms with van der Waals surface area (Å²) in [6, 6.07) is -0.625. The molecule has 0 saturated heterocycles. The maximum atomic E-state index is 12.3. The zero-order valence-electron chi connectivity index (χ0n) is 36.6. The summed E-state index contributed by atoms with van der Waals surface area (Å²) in [7, 11) is 0. The van der Waals surface area contributed by atoms with E-state index in [4.69, 9.17) is 0 Å². The minimum absolute atomic E-state index is 0.0723. The van der Waals surface area contributed by atoms with Crippen LogP contribution in [-0.2, 0) is 4.79 Å². The lowest BCUT2D eigenvalue weighted by Gasteiger charge is -2.20. The van der Waals surface area contributed by atoms with Crippen molar-refractivity contribution in [1.82, 2.24) is 5.32 Å². The van der Waals surface area contributed by atoms with Gasteiger partial charge in [0.1, 0.15) is 0 Å². The molecular weight excluding hydrogens is 687 g/mol. The highest BCUT2D eigenvalue weighted by Gasteiger charge is 2.17. The highest BCUT2D eigenvalue weighted by molar-refractivity contribution is 5.76. The van der Waals surface area contributed by atoms with Crippen molar-refractivity contribution in [2.45, 2.75) is 219 Å². The molecule has 0 saturated carbocycles. The van der Waals surface area contributed by atoms with E-state index in [1.807, 2.05) is 6.08 Å². The molecule has 1 amide bonds. The van der Waals surface area contributed by atoms with Crippen LogP contribution >= 0.6 is 0 Å². The second-order valence-corrected chi connectivity index (χ2v) is 15.4. The molecule has 0 aliphatic rings. The fourth-order valence-electron chi connectivity index (χ4n) is 6.51. The van der Waals surface area contributed by atoms with E-state index >= 15 is 0 Å². The first-order chi connectivity index (χ1) is 27.7. The quantitative estimate of drug-likeness (QED) is 0.0428. The minimum atomic E-state index is -0.841. The fraction of sp³-hybridized carbons (Fsp3) is 0.673. The minimum Gasteiger partial charge on any atom is -0.394 e. The maximum Gasteiger partial charge on any atom is 0.220 e. The van der Waals surface area contributed by atoms with Crippen LogP contribution in [0.1, 0.15) is 206 Å². The Hall–Kier alpha value is -2.69. The SMILES string of the molecule is CC/C=C\C/C=C\C/C=C\C/C=C\C/C=C\C/C=C\C/C=C\CCCCCCCCCCCCCCCC(=O)NC(CO)C(O)/C=C/CCCCCCCCC. The molecule has 2 unspecified atom stereocenters. The van der Waals surface area contributed by atoms with Crippen LogP contribution in [0.5, 0.6) is 0 Å². The molecule has 56 heavy (non-hydrogen) atoms. The van der Waals surface area contributed by atoms with Gasteiger partial charge in [-0.05, 0) is 77.0 Å². The van der Waals surface area contributed by atoms with E-state index < -0.39 is 12.1 Å². The van der Waals surface area contributed by atoms with Crippen LogP contribution in [-0.4, -0.2) is 34.9 Å². The highest BCUT2D eigenvalue weighted by atomic mass is 16.3. The topological polar surface area (TPSA) is 69.6 Å². The van der Waals surface area contributed by atoms with Crippen LogP contribution in [0.25, 0.3) is 0 Å². The summed E-state index contributed by atoms with van der Waals surface area (Å²) in [6.07, 6.45) is 69.6. The third kappa shape index (κ3) is 42.5. The third-order valence-electron chi connectivity index (χ3n) is 10.1. The molecule has 0 aromatic rings. The van der Waals surface area contributed by atoms with Crippen LogP contribution < -0.4 is 5.32 Å². The monoisotopic (exact) mass is 776 g/mol. The van der Waals surface area contributed by atoms with Crippen LogP contribution in [0, 0.1) is 0 Å². The van der Waals surface area contributed by atoms with E-state index in [1.54, 1.807) is 6.08 Å². The number of allylic oxidation sites excluding steroid dienone is 15. The molecule has 320 valence electrons. The van der Waals surface area contributed by atoms with Gasteiger partial charge in [-0.3, -0.25) is 4.79 Å². The van der Waals surface area contributed by atoms with E-state index in [-0.39, 0.29) is 12.5 Å². The predicted molar refractivity (Wildman–Crippen MR) is 248 cm³/mol. The van der Waals surface area contributed by atoms with Gasteiger partial charge in [-0.25, -0.2) is 0 Å². The average molecular weight is 776 g/mol. The normalized spacial score (nSPS) is 13.9. The highest BCUT2D eigenvalue weighted by Crippen LogP contribution is 2.14. The molecule has 0 aromatic heterocycles. The van der Waals surface area contributed by atoms with Crippen LogP contribution in [0.4, 0.5) is 0 Å². The van der Waals surface area contributed by atoms with Gasteiger partial charge in [0, 0.05) is 6.42 Å². The van der Waals surface area contributed by atoms with Gasteiger partial charge in [0.15, 0.2) is 0 Å². The molecule has 0 spiro atoms. The Morgan fingerprint density at radius 3 is 1.18 bits per heavy atom. The third-order valence-corrected chi connectivity index (χ3v) is 10.1. The molecule has 0 rings (SSSR count). The number of rotatable bonds is 41. The van der Waals surface area contributed by atoms with Gasteiger partial charge in [0.2, 0.25) is 5.91 Å². The van der Waals surface area contributed by atoms with E-state index in [9.17, 15) is 15.0 Å². The number of hydrogen-bond donors (Lipinski definition) is 3. The van der Waals surface area contributed by atoms with Crippen molar-refractivity contribution in [3.63, 3.8) is 0 Å². The lowest BCUT2D eigenvalue weighted by molar-refractivity contribution is -0.123. The Balaban J connectivity index is 3.54. The maximum absolute atomic E-state index is 12.3. The summed E-state index contributed by atoms with van der Waals surface area (Å²) in [5.41, 5.74) is 0. The number of nitrogens with one attached hydrogen (secondary N) is 1. The van der Waals surface area contributed by atoms with Crippen LogP contribution in [0.2, 0.25) is 0 Å². The summed E-state index contributed by atoms with van der Waals surface area (Å²) in [5, 5.41) is 22.9. The molecule has 0 radical (unpaired) electrons. The molecule has 0 aliphatic heterocycles. The van der Waals surface area contributed by atoms with Crippen LogP contribution in [0.3, 0.4) is 0 Å². The molecule has 0 aromatic carbocycles. The molecule has 0 heterocycles. The predicted octanol–water partition coefficient (Wildman–Crippen LogP) is 15.0. The molecule has 0 bridgehead atoms. The Bertz CT molecular complexity index is 1060. The largest absolute Gasteiger partial charge is 0.394 e. The fourth-order valence-corrected chi connectivity index (χ4v) is 6.51. The van der Waals surface area contributed by atoms with E-state index in [2.05, 4.69) is 104 Å². The lowest BCUT2D eigenvalue weighted by atomic mass is 10.0. The van der Waals surface area contributed by atoms with Gasteiger partial charge in [-0.15, -0.1) is 0 Å². The standard InChI is InChI=1S/C52H89NO3/c1-3-5-7-9-11-13-14-15-16-17-18-19-20-21-22-23-24-25-26-27-28-29-30-31-32-33-34-35-36-37-38-40-42-44-46-48-52(56)53-50(49-54)51(55)47-45-43-41-39-12-10-8-6-4-2/h5,7,11,13,15-16,18-19,21-22,24-25,27-28,45,47,50-51,54-55H,3-4,6,8-10,12,14,17,20,23,26,29-44,46,48-49H2,1-2H3,(H,53,56)/b7-5-,13-11-,16-15-,19-18-,22-21-,25-24-,28-27-,47-45+. The smallest absolute Gasteiger partial charge is 0.220 e. The number of hydrogen-bond acceptors (Lipinski definition) is 3. The first kappa shape index (κ1) is 53.3. The van der Waals surface area contributed by atoms with Crippen molar-refractivity contribution in [2.75, 3.05) is 6.61 Å². The van der Waals surface area contributed by atoms with Crippen molar-refractivity contribution in [3.05, 3.63) is 97.2 Å². The van der Waals surface area contributed by atoms with Gasteiger partial charge in [0.05, 0.1) is 18.8 Å². The molecular formula is C52H89NO3. The summed E-state index contributed by atoms with van der Waals surface area (Å²) in [4.78, 5) is 12.3. The van der Waals surface area contributed by atoms with Crippen molar-refractivity contribution >= 4 is 5.91 Å². The van der Waals surface area contributed by atoms with Crippen molar-refractivity contribution in [2.24, 2.45) is 0 Å². The summed E-state index contributed by atoms with van der Waals surface area (Å²) >= 11 is 0. The van der Waals surface area contributed by atoms with Gasteiger partial charge >= 0.3 is 0 Å². The average Bonchev–Trinajstić information content (AvgIpc) is 3.20. The zero-order chi connectivity index (χ0) is 40.7. The van der Waals surface area contributed by atoms with E-state index in [0.29, 0.717) is 6.42 Å². The summed E-state index contributed by atoms with van der Waals surface area (Å²) in [5.74, 6) is -0.0723. The molecule has 2 atom stereocenters. The number of carbonyl (C=O) groups excluding carboxylic acids is 1. The van der Waals surface area contributed by atoms with Crippen molar-refractivity contribution < 1.29 is 15.0 Å². The number of aliphatic hydroxyl groups excluding tert-OH is 2. The molecule has 3 N–H and O–H groups in total. The number of aliphatic hydroxyl groups is 2. The van der Waals surface area contributed by atoms with Gasteiger partial charge in [-0.1, -0.05) is 220 Å². The Kier molecular flexibility index (Phi) is 44.4. The van der Waals surface area contributed by atoms with Gasteiger partial charge in [0.25, 0.3) is 0 Å². The lowest BCUT2D eigenvalue weighted by Crippen LogP contribution is -2.45. The van der Waals surface area contributed by atoms with Crippen LogP contribution in [0.15, 0.2) is 97.2 Å². The Morgan fingerprint density at radius 1 is 0.446 bits per heavy atom. The molecule has 4 nitrogen and oxygen atoms in total. The Labute approximate surface area is 347 Å². The molecule has 0 fully saturated rings. The summed E-state index contributed by atoms with van der Waals surface area (Å²) in [6.45, 7) is 4.15. The van der Waals surface area contributed by atoms with Crippen molar-refractivity contribution in [1.29, 1.82) is 0 Å². The molecule has 0 aliphatic carbocycles. The summed E-state index contributed by atoms with van der Waals surface area (Å²) < 4.78 is 0. The zero-order valence-corrected chi connectivity index (χ0v) is 36.6. The first-order valence-corrected chi connectivity index (χ1v) is 23.5. The van der Waals surface area contributed by atoms with Gasteiger partial charge in [-0.2, -0.15) is 0 Å². The number of carbonyl (C=O) groups is 1. The van der Waals surface area contributed by atoms with Gasteiger partial charge < -0.3 is 15.5 Å². The number of amides is 1.